The number of benzene rings is 1. The van der Waals surface area contributed by atoms with Gasteiger partial charge in [0.15, 0.2) is 10.9 Å². The number of carbonyl (C=O) groups is 1. The van der Waals surface area contributed by atoms with Crippen molar-refractivity contribution in [2.24, 2.45) is 0 Å². The molecule has 1 aromatic carbocycles. The molecule has 0 atom stereocenters. The number of sulfone groups is 1. The van der Waals surface area contributed by atoms with Crippen LogP contribution in [0.3, 0.4) is 0 Å². The number of halogens is 3. The number of H-pyrrole nitrogens is 1. The Morgan fingerprint density at radius 3 is 2.57 bits per heavy atom. The van der Waals surface area contributed by atoms with Gasteiger partial charge in [-0.1, -0.05) is 17.3 Å². The van der Waals surface area contributed by atoms with E-state index in [0.29, 0.717) is 5.56 Å². The quantitative estimate of drug-likeness (QED) is 0.666. The fraction of sp³-hybridized carbons (Fsp3) is 0.0667. The van der Waals surface area contributed by atoms with E-state index in [2.05, 4.69) is 25.0 Å². The normalized spacial score (nSPS) is 12.0. The number of nitrogens with zero attached hydrogens (tertiary/aromatic N) is 2. The molecule has 1 amide bonds. The molecule has 9 nitrogen and oxygen atoms in total. The Morgan fingerprint density at radius 2 is 1.93 bits per heavy atom. The lowest BCUT2D eigenvalue weighted by molar-refractivity contribution is -0.0438. The summed E-state index contributed by atoms with van der Waals surface area (Å²) >= 11 is 0. The molecule has 0 aliphatic carbocycles. The number of amides is 1. The molecule has 0 saturated carbocycles. The number of aromatic nitrogens is 3. The highest BCUT2D eigenvalue weighted by Gasteiger charge is 2.49. The highest BCUT2D eigenvalue weighted by Crippen LogP contribution is 2.31. The zero-order chi connectivity index (χ0) is 20.5. The molecular weight excluding hydrogens is 405 g/mol. The summed E-state index contributed by atoms with van der Waals surface area (Å²) in [7, 11) is -5.83. The van der Waals surface area contributed by atoms with Crippen LogP contribution in [-0.2, 0) is 9.84 Å². The Balaban J connectivity index is 1.94. The van der Waals surface area contributed by atoms with Gasteiger partial charge in [0.1, 0.15) is 0 Å². The van der Waals surface area contributed by atoms with Crippen molar-refractivity contribution in [3.63, 3.8) is 0 Å². The molecule has 28 heavy (non-hydrogen) atoms. The summed E-state index contributed by atoms with van der Waals surface area (Å²) in [4.78, 5) is 28.9. The van der Waals surface area contributed by atoms with Crippen molar-refractivity contribution in [3.05, 3.63) is 58.7 Å². The Labute approximate surface area is 154 Å². The number of anilines is 1. The lowest BCUT2D eigenvalue weighted by atomic mass is 10.2. The van der Waals surface area contributed by atoms with Gasteiger partial charge >= 0.3 is 11.3 Å². The summed E-state index contributed by atoms with van der Waals surface area (Å²) in [5.41, 5.74) is -5.96. The largest absolute Gasteiger partial charge is 0.503 e. The standard InChI is InChI=1S/C15H9F3N4O5S/c16-15(17,18)28(25,26)13-10(5-2-6-19-13)12(23)20-9-4-1-3-8(7-9)11-21-14(24)27-22-11/h1-7H,(H,20,23)(H,21,22,24). The van der Waals surface area contributed by atoms with Crippen LogP contribution < -0.4 is 11.1 Å². The SMILES string of the molecule is O=C(Nc1cccc(-c2noc(=O)[nH]2)c1)c1cccnc1S(=O)(=O)C(F)(F)F. The zero-order valence-corrected chi connectivity index (χ0v) is 14.3. The molecule has 0 bridgehead atoms. The Hall–Kier alpha value is -3.48. The van der Waals surface area contributed by atoms with Gasteiger partial charge in [-0.25, -0.2) is 18.2 Å². The molecule has 2 N–H and O–H groups in total. The van der Waals surface area contributed by atoms with E-state index in [-0.39, 0.29) is 11.5 Å². The van der Waals surface area contributed by atoms with Crippen molar-refractivity contribution < 1.29 is 30.9 Å². The van der Waals surface area contributed by atoms with Gasteiger partial charge in [0.05, 0.1) is 5.56 Å². The highest BCUT2D eigenvalue weighted by atomic mass is 32.2. The number of rotatable bonds is 4. The third-order valence-electron chi connectivity index (χ3n) is 3.41. The van der Waals surface area contributed by atoms with E-state index in [1.165, 1.54) is 24.3 Å². The Bertz CT molecular complexity index is 1200. The fourth-order valence-electron chi connectivity index (χ4n) is 2.18. The predicted octanol–water partition coefficient (Wildman–Crippen LogP) is 1.97. The lowest BCUT2D eigenvalue weighted by Crippen LogP contribution is -2.27. The molecular formula is C15H9F3N4O5S. The summed E-state index contributed by atoms with van der Waals surface area (Å²) in [6.07, 6.45) is 0.830. The summed E-state index contributed by atoms with van der Waals surface area (Å²) in [5.74, 6) is -1.87. The summed E-state index contributed by atoms with van der Waals surface area (Å²) in [6.45, 7) is 0. The second-order valence-electron chi connectivity index (χ2n) is 5.28. The minimum absolute atomic E-state index is 0.0582. The second kappa shape index (κ2) is 6.92. The monoisotopic (exact) mass is 414 g/mol. The van der Waals surface area contributed by atoms with Crippen LogP contribution in [0.5, 0.6) is 0 Å². The smallest absolute Gasteiger partial charge is 0.322 e. The van der Waals surface area contributed by atoms with Crippen molar-refractivity contribution in [3.8, 4) is 11.4 Å². The molecule has 0 fully saturated rings. The third kappa shape index (κ3) is 3.64. The molecule has 2 heterocycles. The molecule has 0 radical (unpaired) electrons. The first-order valence-corrected chi connectivity index (χ1v) is 8.82. The van der Waals surface area contributed by atoms with Crippen LogP contribution >= 0.6 is 0 Å². The van der Waals surface area contributed by atoms with Crippen molar-refractivity contribution >= 4 is 21.4 Å². The maximum atomic E-state index is 12.8. The third-order valence-corrected chi connectivity index (χ3v) is 4.85. The van der Waals surface area contributed by atoms with Gasteiger partial charge in [-0.3, -0.25) is 14.3 Å². The number of carbonyl (C=O) groups excluding carboxylic acids is 1. The van der Waals surface area contributed by atoms with Crippen LogP contribution in [0.4, 0.5) is 18.9 Å². The van der Waals surface area contributed by atoms with Crippen molar-refractivity contribution in [1.29, 1.82) is 0 Å². The van der Waals surface area contributed by atoms with Gasteiger partial charge in [-0.15, -0.1) is 0 Å². The Morgan fingerprint density at radius 1 is 1.18 bits per heavy atom. The van der Waals surface area contributed by atoms with E-state index in [1.54, 1.807) is 0 Å². The maximum absolute atomic E-state index is 12.8. The Kier molecular flexibility index (Phi) is 4.77. The van der Waals surface area contributed by atoms with E-state index >= 15 is 0 Å². The minimum atomic E-state index is -5.83. The molecule has 2 aromatic heterocycles. The van der Waals surface area contributed by atoms with Crippen molar-refractivity contribution in [2.75, 3.05) is 5.32 Å². The van der Waals surface area contributed by atoms with Gasteiger partial charge in [0, 0.05) is 17.4 Å². The number of pyridine rings is 1. The van der Waals surface area contributed by atoms with Gasteiger partial charge in [-0.2, -0.15) is 13.2 Å². The first-order chi connectivity index (χ1) is 13.1. The summed E-state index contributed by atoms with van der Waals surface area (Å²) < 4.78 is 66.2. The van der Waals surface area contributed by atoms with Crippen LogP contribution in [-0.4, -0.2) is 35.0 Å². The van der Waals surface area contributed by atoms with E-state index in [9.17, 15) is 31.2 Å². The molecule has 3 rings (SSSR count). The van der Waals surface area contributed by atoms with E-state index in [0.717, 1.165) is 18.3 Å². The second-order valence-corrected chi connectivity index (χ2v) is 7.14. The molecule has 3 aromatic rings. The highest BCUT2D eigenvalue weighted by molar-refractivity contribution is 7.92. The van der Waals surface area contributed by atoms with E-state index in [4.69, 9.17) is 0 Å². The molecule has 0 saturated heterocycles. The van der Waals surface area contributed by atoms with Crippen molar-refractivity contribution in [2.45, 2.75) is 10.5 Å². The lowest BCUT2D eigenvalue weighted by Gasteiger charge is -2.12. The first-order valence-electron chi connectivity index (χ1n) is 7.34. The van der Waals surface area contributed by atoms with Crippen molar-refractivity contribution in [1.82, 2.24) is 15.1 Å². The van der Waals surface area contributed by atoms with Gasteiger partial charge < -0.3 is 5.32 Å². The van der Waals surface area contributed by atoms with Crippen LogP contribution in [0.25, 0.3) is 11.4 Å². The molecule has 0 spiro atoms. The van der Waals surface area contributed by atoms with Crippen LogP contribution in [0.15, 0.2) is 56.9 Å². The van der Waals surface area contributed by atoms with Gasteiger partial charge in [0.25, 0.3) is 15.7 Å². The average Bonchev–Trinajstić information content (AvgIpc) is 3.07. The number of alkyl halides is 3. The maximum Gasteiger partial charge on any atom is 0.503 e. The summed E-state index contributed by atoms with van der Waals surface area (Å²) in [6, 6.07) is 7.76. The van der Waals surface area contributed by atoms with Crippen LogP contribution in [0, 0.1) is 0 Å². The molecule has 0 aliphatic heterocycles. The average molecular weight is 414 g/mol. The van der Waals surface area contributed by atoms with E-state index < -0.39 is 37.6 Å². The van der Waals surface area contributed by atoms with Crippen LogP contribution in [0.1, 0.15) is 10.4 Å². The predicted molar refractivity (Wildman–Crippen MR) is 88.0 cm³/mol. The minimum Gasteiger partial charge on any atom is -0.322 e. The molecule has 146 valence electrons. The van der Waals surface area contributed by atoms with Gasteiger partial charge in [0.2, 0.25) is 0 Å². The number of hydrogen-bond acceptors (Lipinski definition) is 7. The fourth-order valence-corrected chi connectivity index (χ4v) is 3.05. The molecule has 0 aliphatic rings. The van der Waals surface area contributed by atoms with Gasteiger partial charge in [-0.05, 0) is 24.3 Å². The molecule has 13 heteroatoms. The zero-order valence-electron chi connectivity index (χ0n) is 13.5. The number of hydrogen-bond donors (Lipinski definition) is 2. The molecule has 0 unspecified atom stereocenters. The van der Waals surface area contributed by atoms with Crippen LogP contribution in [0.2, 0.25) is 0 Å². The number of nitrogens with one attached hydrogen (secondary N) is 2. The first kappa shape index (κ1) is 19.3. The summed E-state index contributed by atoms with van der Waals surface area (Å²) in [5, 5.41) is 4.34. The van der Waals surface area contributed by atoms with E-state index in [1.807, 2.05) is 0 Å². The number of aromatic amines is 1. The topological polar surface area (TPSA) is 135 Å².